The lowest BCUT2D eigenvalue weighted by atomic mass is 10.2. The minimum Gasteiger partial charge on any atom is -0.490 e. The Labute approximate surface area is 148 Å². The van der Waals surface area contributed by atoms with Gasteiger partial charge in [0.05, 0.1) is 19.4 Å². The fourth-order valence-corrected chi connectivity index (χ4v) is 1.80. The molecule has 0 unspecified atom stereocenters. The predicted molar refractivity (Wildman–Crippen MR) is 97.0 cm³/mol. The molecule has 0 radical (unpaired) electrons. The Hall–Kier alpha value is -2.57. The second kappa shape index (κ2) is 11.1. The zero-order valence-corrected chi connectivity index (χ0v) is 15.3. The summed E-state index contributed by atoms with van der Waals surface area (Å²) < 4.78 is 11.2. The largest absolute Gasteiger partial charge is 0.490 e. The molecule has 25 heavy (non-hydrogen) atoms. The van der Waals surface area contributed by atoms with Crippen LogP contribution < -0.4 is 20.2 Å². The lowest BCUT2D eigenvalue weighted by Gasteiger charge is -2.11. The second-order valence-electron chi connectivity index (χ2n) is 5.79. The van der Waals surface area contributed by atoms with E-state index in [2.05, 4.69) is 15.8 Å². The van der Waals surface area contributed by atoms with E-state index in [0.717, 1.165) is 12.0 Å². The SMILES string of the molecule is CCCOc1ccc(/C=N/NC(=O)C(=O)NCC(C)C)cc1OCC. The van der Waals surface area contributed by atoms with Crippen molar-refractivity contribution < 1.29 is 19.1 Å². The van der Waals surface area contributed by atoms with Crippen LogP contribution in [0.2, 0.25) is 0 Å². The number of ether oxygens (including phenoxy) is 2. The van der Waals surface area contributed by atoms with Crippen LogP contribution in [0.5, 0.6) is 11.5 Å². The topological polar surface area (TPSA) is 89.0 Å². The quantitative estimate of drug-likeness (QED) is 0.406. The summed E-state index contributed by atoms with van der Waals surface area (Å²) in [6.07, 6.45) is 2.35. The van der Waals surface area contributed by atoms with Crippen molar-refractivity contribution in [1.29, 1.82) is 0 Å². The molecule has 0 aromatic heterocycles. The molecule has 0 bridgehead atoms. The molecule has 0 fully saturated rings. The number of amides is 2. The van der Waals surface area contributed by atoms with Crippen LogP contribution in [0.1, 0.15) is 39.7 Å². The number of carbonyl (C=O) groups is 2. The van der Waals surface area contributed by atoms with Crippen LogP contribution in [0.3, 0.4) is 0 Å². The number of nitrogens with zero attached hydrogens (tertiary/aromatic N) is 1. The highest BCUT2D eigenvalue weighted by Crippen LogP contribution is 2.28. The summed E-state index contributed by atoms with van der Waals surface area (Å²) in [7, 11) is 0. The maximum atomic E-state index is 11.6. The van der Waals surface area contributed by atoms with E-state index in [-0.39, 0.29) is 5.92 Å². The second-order valence-corrected chi connectivity index (χ2v) is 5.79. The molecule has 0 saturated heterocycles. The van der Waals surface area contributed by atoms with Crippen molar-refractivity contribution in [3.8, 4) is 11.5 Å². The van der Waals surface area contributed by atoms with E-state index in [0.29, 0.717) is 31.3 Å². The molecule has 7 nitrogen and oxygen atoms in total. The van der Waals surface area contributed by atoms with Crippen LogP contribution in [0, 0.1) is 5.92 Å². The Balaban J connectivity index is 2.65. The van der Waals surface area contributed by atoms with Gasteiger partial charge in [0.1, 0.15) is 0 Å². The average molecular weight is 349 g/mol. The molecule has 1 aromatic rings. The third-order valence-electron chi connectivity index (χ3n) is 2.99. The van der Waals surface area contributed by atoms with Crippen LogP contribution in [0.15, 0.2) is 23.3 Å². The van der Waals surface area contributed by atoms with Gasteiger partial charge in [0.25, 0.3) is 0 Å². The van der Waals surface area contributed by atoms with E-state index in [4.69, 9.17) is 9.47 Å². The Morgan fingerprint density at radius 3 is 2.56 bits per heavy atom. The molecule has 0 aliphatic carbocycles. The molecule has 1 aromatic carbocycles. The number of hydrogen-bond donors (Lipinski definition) is 2. The van der Waals surface area contributed by atoms with Crippen molar-refractivity contribution in [3.05, 3.63) is 23.8 Å². The Morgan fingerprint density at radius 2 is 1.92 bits per heavy atom. The molecule has 2 amide bonds. The first-order valence-electron chi connectivity index (χ1n) is 8.48. The van der Waals surface area contributed by atoms with Gasteiger partial charge in [0.15, 0.2) is 11.5 Å². The normalized spacial score (nSPS) is 10.8. The van der Waals surface area contributed by atoms with Gasteiger partial charge in [-0.3, -0.25) is 9.59 Å². The average Bonchev–Trinajstić information content (AvgIpc) is 2.59. The Bertz CT molecular complexity index is 600. The monoisotopic (exact) mass is 349 g/mol. The number of rotatable bonds is 9. The number of nitrogens with one attached hydrogen (secondary N) is 2. The Kier molecular flexibility index (Phi) is 9.06. The third-order valence-corrected chi connectivity index (χ3v) is 2.99. The van der Waals surface area contributed by atoms with Gasteiger partial charge >= 0.3 is 11.8 Å². The molecule has 1 rings (SSSR count). The third kappa shape index (κ3) is 7.69. The highest BCUT2D eigenvalue weighted by Gasteiger charge is 2.12. The summed E-state index contributed by atoms with van der Waals surface area (Å²) in [5.41, 5.74) is 2.92. The van der Waals surface area contributed by atoms with E-state index < -0.39 is 11.8 Å². The lowest BCUT2D eigenvalue weighted by Crippen LogP contribution is -2.39. The molecule has 0 heterocycles. The van der Waals surface area contributed by atoms with Crippen molar-refractivity contribution in [2.75, 3.05) is 19.8 Å². The first-order valence-corrected chi connectivity index (χ1v) is 8.48. The van der Waals surface area contributed by atoms with Crippen molar-refractivity contribution in [1.82, 2.24) is 10.7 Å². The zero-order valence-electron chi connectivity index (χ0n) is 15.3. The van der Waals surface area contributed by atoms with E-state index in [9.17, 15) is 9.59 Å². The van der Waals surface area contributed by atoms with E-state index in [1.165, 1.54) is 6.21 Å². The lowest BCUT2D eigenvalue weighted by molar-refractivity contribution is -0.139. The van der Waals surface area contributed by atoms with Gasteiger partial charge in [-0.15, -0.1) is 0 Å². The highest BCUT2D eigenvalue weighted by molar-refractivity contribution is 6.35. The van der Waals surface area contributed by atoms with Gasteiger partial charge < -0.3 is 14.8 Å². The summed E-state index contributed by atoms with van der Waals surface area (Å²) in [6.45, 7) is 9.36. The fraction of sp³-hybridized carbons (Fsp3) is 0.500. The first-order chi connectivity index (χ1) is 12.0. The predicted octanol–water partition coefficient (Wildman–Crippen LogP) is 2.10. The smallest absolute Gasteiger partial charge is 0.329 e. The van der Waals surface area contributed by atoms with Gasteiger partial charge in [-0.2, -0.15) is 5.10 Å². The van der Waals surface area contributed by atoms with E-state index in [1.54, 1.807) is 18.2 Å². The zero-order chi connectivity index (χ0) is 18.7. The summed E-state index contributed by atoms with van der Waals surface area (Å²) in [5, 5.41) is 6.32. The first kappa shape index (κ1) is 20.5. The number of hydrogen-bond acceptors (Lipinski definition) is 5. The van der Waals surface area contributed by atoms with Crippen LogP contribution in [-0.2, 0) is 9.59 Å². The van der Waals surface area contributed by atoms with Gasteiger partial charge in [0, 0.05) is 6.54 Å². The molecular formula is C18H27N3O4. The number of carbonyl (C=O) groups excluding carboxylic acids is 2. The molecule has 0 saturated carbocycles. The van der Waals surface area contributed by atoms with Gasteiger partial charge in [-0.1, -0.05) is 20.8 Å². The van der Waals surface area contributed by atoms with Crippen molar-refractivity contribution in [2.45, 2.75) is 34.1 Å². The maximum absolute atomic E-state index is 11.6. The maximum Gasteiger partial charge on any atom is 0.329 e. The van der Waals surface area contributed by atoms with Crippen molar-refractivity contribution in [2.24, 2.45) is 11.0 Å². The van der Waals surface area contributed by atoms with Crippen molar-refractivity contribution in [3.63, 3.8) is 0 Å². The molecule has 7 heteroatoms. The number of benzene rings is 1. The van der Waals surface area contributed by atoms with Crippen LogP contribution in [0.25, 0.3) is 0 Å². The van der Waals surface area contributed by atoms with Gasteiger partial charge in [-0.05, 0) is 43.0 Å². The molecule has 0 atom stereocenters. The van der Waals surface area contributed by atoms with Gasteiger partial charge in [0.2, 0.25) is 0 Å². The molecule has 138 valence electrons. The summed E-state index contributed by atoms with van der Waals surface area (Å²) >= 11 is 0. The molecular weight excluding hydrogens is 322 g/mol. The highest BCUT2D eigenvalue weighted by atomic mass is 16.5. The van der Waals surface area contributed by atoms with E-state index >= 15 is 0 Å². The molecule has 0 aliphatic heterocycles. The minimum absolute atomic E-state index is 0.269. The van der Waals surface area contributed by atoms with Gasteiger partial charge in [-0.25, -0.2) is 5.43 Å². The van der Waals surface area contributed by atoms with Crippen LogP contribution in [-0.4, -0.2) is 37.8 Å². The molecule has 0 spiro atoms. The standard InChI is InChI=1S/C18H27N3O4/c1-5-9-25-15-8-7-14(10-16(15)24-6-2)12-20-21-18(23)17(22)19-11-13(3)4/h7-8,10,12-13H,5-6,9,11H2,1-4H3,(H,19,22)(H,21,23)/b20-12+. The van der Waals surface area contributed by atoms with Crippen molar-refractivity contribution >= 4 is 18.0 Å². The Morgan fingerprint density at radius 1 is 1.16 bits per heavy atom. The number of hydrazone groups is 1. The summed E-state index contributed by atoms with van der Waals surface area (Å²) in [4.78, 5) is 23.1. The summed E-state index contributed by atoms with van der Waals surface area (Å²) in [5.74, 6) is 0.0403. The minimum atomic E-state index is -0.801. The van der Waals surface area contributed by atoms with E-state index in [1.807, 2.05) is 27.7 Å². The molecule has 2 N–H and O–H groups in total. The van der Waals surface area contributed by atoms with Crippen LogP contribution in [0.4, 0.5) is 0 Å². The fourth-order valence-electron chi connectivity index (χ4n) is 1.80. The summed E-state index contributed by atoms with van der Waals surface area (Å²) in [6, 6.07) is 5.35. The van der Waals surface area contributed by atoms with Crippen LogP contribution >= 0.6 is 0 Å². The molecule has 0 aliphatic rings.